The van der Waals surface area contributed by atoms with Crippen molar-refractivity contribution in [3.63, 3.8) is 0 Å². The summed E-state index contributed by atoms with van der Waals surface area (Å²) >= 11 is 1.09. The maximum absolute atomic E-state index is 11.9. The zero-order valence-electron chi connectivity index (χ0n) is 8.76. The van der Waals surface area contributed by atoms with Gasteiger partial charge in [-0.2, -0.15) is 0 Å². The molecule has 0 heterocycles. The predicted molar refractivity (Wildman–Crippen MR) is 56.0 cm³/mol. The molecule has 0 atom stereocenters. The molecule has 4 nitrogen and oxygen atoms in total. The van der Waals surface area contributed by atoms with Gasteiger partial charge in [0, 0.05) is 0 Å². The zero-order chi connectivity index (χ0) is 11.2. The number of nitrogens with zero attached hydrogens (tertiary/aromatic N) is 1. The molecule has 0 saturated carbocycles. The van der Waals surface area contributed by atoms with Crippen LogP contribution in [0.4, 0.5) is 9.28 Å². The highest BCUT2D eigenvalue weighted by atomic mass is 32.2. The van der Waals surface area contributed by atoms with Gasteiger partial charge in [0.15, 0.2) is 0 Å². The summed E-state index contributed by atoms with van der Waals surface area (Å²) < 4.78 is 16.8. The van der Waals surface area contributed by atoms with Gasteiger partial charge in [-0.3, -0.25) is 5.32 Å². The predicted octanol–water partition coefficient (Wildman–Crippen LogP) is 2.50. The van der Waals surface area contributed by atoms with Crippen molar-refractivity contribution in [2.24, 2.45) is 5.21 Å². The molecule has 0 fully saturated rings. The number of alkyl carbamates (subject to hydrolysis) is 1. The van der Waals surface area contributed by atoms with Crippen LogP contribution in [0.2, 0.25) is 0 Å². The lowest BCUT2D eigenvalue weighted by molar-refractivity contribution is 0.0564. The first-order valence-electron chi connectivity index (χ1n) is 4.20. The van der Waals surface area contributed by atoms with Crippen LogP contribution in [0.1, 0.15) is 27.7 Å². The van der Waals surface area contributed by atoms with E-state index in [1.807, 2.05) is 6.92 Å². The molecule has 0 saturated heterocycles. The first-order valence-corrected chi connectivity index (χ1v) is 5.19. The number of amides is 1. The monoisotopic (exact) mass is 222 g/mol. The fourth-order valence-electron chi connectivity index (χ4n) is 0.609. The maximum atomic E-state index is 11.9. The van der Waals surface area contributed by atoms with Crippen LogP contribution in [0.3, 0.4) is 0 Å². The Balaban J connectivity index is 4.05. The summed E-state index contributed by atoms with van der Waals surface area (Å²) in [7, 11) is 0. The van der Waals surface area contributed by atoms with Crippen LogP contribution in [0.15, 0.2) is 5.21 Å². The minimum absolute atomic E-state index is 0.0817. The Morgan fingerprint density at radius 1 is 1.57 bits per heavy atom. The third-order valence-corrected chi connectivity index (χ3v) is 1.70. The molecule has 1 amide bonds. The second-order valence-electron chi connectivity index (χ2n) is 3.45. The smallest absolute Gasteiger partial charge is 0.413 e. The van der Waals surface area contributed by atoms with Crippen LogP contribution >= 0.6 is 11.8 Å². The first kappa shape index (κ1) is 13.2. The van der Waals surface area contributed by atoms with Gasteiger partial charge < -0.3 is 4.74 Å². The Morgan fingerprint density at radius 2 is 2.14 bits per heavy atom. The molecule has 0 aromatic carbocycles. The average molecular weight is 222 g/mol. The molecule has 1 N–H and O–H groups in total. The number of thioether (sulfide) groups is 1. The van der Waals surface area contributed by atoms with Gasteiger partial charge in [-0.1, -0.05) is 28.4 Å². The topological polar surface area (TPSA) is 50.7 Å². The van der Waals surface area contributed by atoms with Crippen LogP contribution in [0.5, 0.6) is 0 Å². The third kappa shape index (κ3) is 6.71. The Morgan fingerprint density at radius 3 is 2.50 bits per heavy atom. The maximum Gasteiger partial charge on any atom is 0.413 e. The van der Waals surface area contributed by atoms with E-state index in [0.29, 0.717) is 5.75 Å². The lowest BCUT2D eigenvalue weighted by atomic mass is 10.2. The molecule has 0 bridgehead atoms. The second-order valence-corrected chi connectivity index (χ2v) is 4.70. The van der Waals surface area contributed by atoms with E-state index in [4.69, 9.17) is 4.74 Å². The number of hydrogen-bond donors (Lipinski definition) is 1. The van der Waals surface area contributed by atoms with Gasteiger partial charge >= 0.3 is 6.09 Å². The molecule has 0 aliphatic heterocycles. The number of amidine groups is 1. The van der Waals surface area contributed by atoms with Gasteiger partial charge in [-0.15, -0.1) is 0 Å². The molecule has 0 aromatic rings. The van der Waals surface area contributed by atoms with Crippen molar-refractivity contribution in [3.05, 3.63) is 0 Å². The number of rotatable bonds is 1. The molecule has 0 spiro atoms. The van der Waals surface area contributed by atoms with E-state index >= 15 is 0 Å². The van der Waals surface area contributed by atoms with Crippen LogP contribution < -0.4 is 5.32 Å². The van der Waals surface area contributed by atoms with Gasteiger partial charge in [0.1, 0.15) is 5.60 Å². The highest BCUT2D eigenvalue weighted by Crippen LogP contribution is 2.08. The van der Waals surface area contributed by atoms with E-state index in [2.05, 4.69) is 10.5 Å². The summed E-state index contributed by atoms with van der Waals surface area (Å²) in [4.78, 5) is 11.1. The van der Waals surface area contributed by atoms with Crippen molar-refractivity contribution in [1.29, 1.82) is 0 Å². The lowest BCUT2D eigenvalue weighted by Crippen LogP contribution is -2.35. The van der Waals surface area contributed by atoms with Crippen LogP contribution in [0.25, 0.3) is 0 Å². The molecular formula is C8H15FN2O2S. The van der Waals surface area contributed by atoms with Crippen molar-refractivity contribution in [2.75, 3.05) is 5.75 Å². The second kappa shape index (κ2) is 5.85. The normalized spacial score (nSPS) is 12.5. The zero-order valence-corrected chi connectivity index (χ0v) is 9.57. The van der Waals surface area contributed by atoms with Crippen molar-refractivity contribution in [3.8, 4) is 0 Å². The number of halogens is 1. The van der Waals surface area contributed by atoms with E-state index < -0.39 is 11.7 Å². The summed E-state index contributed by atoms with van der Waals surface area (Å²) in [5.41, 5.74) is -0.595. The highest BCUT2D eigenvalue weighted by Gasteiger charge is 2.17. The van der Waals surface area contributed by atoms with Gasteiger partial charge in [0.25, 0.3) is 0 Å². The van der Waals surface area contributed by atoms with Crippen molar-refractivity contribution < 1.29 is 14.0 Å². The molecule has 14 heavy (non-hydrogen) atoms. The largest absolute Gasteiger partial charge is 0.444 e. The van der Waals surface area contributed by atoms with Gasteiger partial charge in [-0.25, -0.2) is 4.79 Å². The molecule has 0 aliphatic rings. The molecular weight excluding hydrogens is 207 g/mol. The highest BCUT2D eigenvalue weighted by molar-refractivity contribution is 8.13. The first-order chi connectivity index (χ1) is 6.39. The van der Waals surface area contributed by atoms with Crippen LogP contribution in [-0.4, -0.2) is 22.6 Å². The Bertz CT molecular complexity index is 226. The van der Waals surface area contributed by atoms with Crippen molar-refractivity contribution in [2.45, 2.75) is 33.3 Å². The van der Waals surface area contributed by atoms with E-state index in [9.17, 15) is 9.28 Å². The van der Waals surface area contributed by atoms with E-state index in [0.717, 1.165) is 11.8 Å². The number of carbonyl (C=O) groups excluding carboxylic acids is 1. The Hall–Kier alpha value is -0.780. The van der Waals surface area contributed by atoms with E-state index in [1.54, 1.807) is 20.8 Å². The van der Waals surface area contributed by atoms with Gasteiger partial charge in [-0.05, 0) is 26.5 Å². The fourth-order valence-corrected chi connectivity index (χ4v) is 1.09. The van der Waals surface area contributed by atoms with E-state index in [1.165, 1.54) is 0 Å². The number of carbonyl (C=O) groups is 1. The average Bonchev–Trinajstić information content (AvgIpc) is 2.00. The number of nitrogens with one attached hydrogen (secondary N) is 1. The van der Waals surface area contributed by atoms with Gasteiger partial charge in [0.2, 0.25) is 5.17 Å². The summed E-state index contributed by atoms with van der Waals surface area (Å²) in [6, 6.07) is 0. The molecule has 0 rings (SSSR count). The quantitative estimate of drug-likeness (QED) is 0.548. The SMILES string of the molecule is CCS/C(=N\F)NC(=O)OC(C)(C)C. The molecule has 0 unspecified atom stereocenters. The van der Waals surface area contributed by atoms with Crippen LogP contribution in [-0.2, 0) is 4.74 Å². The molecule has 0 aromatic heterocycles. The molecule has 0 aliphatic carbocycles. The van der Waals surface area contributed by atoms with Gasteiger partial charge in [0.05, 0.1) is 0 Å². The number of hydrogen-bond acceptors (Lipinski definition) is 4. The minimum Gasteiger partial charge on any atom is -0.444 e. The Kier molecular flexibility index (Phi) is 5.52. The Labute approximate surface area is 87.2 Å². The van der Waals surface area contributed by atoms with Crippen molar-refractivity contribution >= 4 is 23.0 Å². The molecule has 6 heteroatoms. The summed E-state index contributed by atoms with van der Waals surface area (Å²) in [5.74, 6) is 0.624. The summed E-state index contributed by atoms with van der Waals surface area (Å²) in [6.07, 6.45) is -0.699. The number of ether oxygens (including phenoxy) is 1. The standard InChI is InChI=1S/C8H15FN2O2S/c1-5-14-6(11-9)10-7(12)13-8(2,3)4/h5H2,1-4H3,(H,10,11,12). The van der Waals surface area contributed by atoms with Crippen LogP contribution in [0, 0.1) is 0 Å². The van der Waals surface area contributed by atoms with E-state index in [-0.39, 0.29) is 5.17 Å². The molecule has 0 radical (unpaired) electrons. The summed E-state index contributed by atoms with van der Waals surface area (Å²) in [5, 5.41) is 4.53. The van der Waals surface area contributed by atoms with Crippen molar-refractivity contribution in [1.82, 2.24) is 5.32 Å². The minimum atomic E-state index is -0.699. The molecule has 82 valence electrons. The third-order valence-electron chi connectivity index (χ3n) is 0.966. The lowest BCUT2D eigenvalue weighted by Gasteiger charge is -2.19. The fraction of sp³-hybridized carbons (Fsp3) is 0.750. The summed E-state index contributed by atoms with van der Waals surface area (Å²) in [6.45, 7) is 7.01.